The Bertz CT molecular complexity index is 494. The van der Waals surface area contributed by atoms with Crippen molar-refractivity contribution < 1.29 is 4.92 Å². The van der Waals surface area contributed by atoms with E-state index in [1.807, 2.05) is 0 Å². The summed E-state index contributed by atoms with van der Waals surface area (Å²) in [5.74, 6) is 0. The van der Waals surface area contributed by atoms with Gasteiger partial charge in [0.25, 0.3) is 5.69 Å². The molecule has 2 rings (SSSR count). The summed E-state index contributed by atoms with van der Waals surface area (Å²) in [5, 5.41) is 15.9. The van der Waals surface area contributed by atoms with Gasteiger partial charge in [0.05, 0.1) is 4.92 Å². The lowest BCUT2D eigenvalue weighted by atomic mass is 10.2. The van der Waals surface area contributed by atoms with E-state index in [2.05, 4.69) is 22.8 Å². The molecule has 94 valence electrons. The molecule has 1 N–H and O–H groups in total. The molecular formula is C13H14N2O2S. The molecule has 0 unspecified atom stereocenters. The molecule has 0 fully saturated rings. The molecule has 4 nitrogen and oxygen atoms in total. The van der Waals surface area contributed by atoms with Crippen LogP contribution in [0.2, 0.25) is 0 Å². The smallest absolute Gasteiger partial charge is 0.269 e. The fourth-order valence-electron chi connectivity index (χ4n) is 1.63. The normalized spacial score (nSPS) is 10.4. The summed E-state index contributed by atoms with van der Waals surface area (Å²) in [7, 11) is 0. The largest absolute Gasteiger partial charge is 0.312 e. The summed E-state index contributed by atoms with van der Waals surface area (Å²) >= 11 is 1.76. The number of hydrogen-bond donors (Lipinski definition) is 1. The maximum Gasteiger partial charge on any atom is 0.269 e. The Morgan fingerprint density at radius 3 is 2.61 bits per heavy atom. The molecule has 0 aliphatic carbocycles. The van der Waals surface area contributed by atoms with Crippen molar-refractivity contribution in [3.05, 3.63) is 62.3 Å². The first-order valence-electron chi connectivity index (χ1n) is 5.72. The van der Waals surface area contributed by atoms with Crippen molar-refractivity contribution in [2.24, 2.45) is 0 Å². The molecule has 0 spiro atoms. The predicted octanol–water partition coefficient (Wildman–Crippen LogP) is 2.99. The van der Waals surface area contributed by atoms with Crippen molar-refractivity contribution in [2.75, 3.05) is 6.54 Å². The van der Waals surface area contributed by atoms with Crippen LogP contribution in [-0.2, 0) is 13.0 Å². The van der Waals surface area contributed by atoms with Crippen molar-refractivity contribution in [2.45, 2.75) is 13.0 Å². The quantitative estimate of drug-likeness (QED) is 0.494. The van der Waals surface area contributed by atoms with Crippen LogP contribution < -0.4 is 5.32 Å². The highest BCUT2D eigenvalue weighted by Crippen LogP contribution is 2.12. The third-order valence-electron chi connectivity index (χ3n) is 2.60. The van der Waals surface area contributed by atoms with E-state index < -0.39 is 0 Å². The molecule has 0 radical (unpaired) electrons. The van der Waals surface area contributed by atoms with Gasteiger partial charge < -0.3 is 5.32 Å². The fourth-order valence-corrected chi connectivity index (χ4v) is 2.34. The second-order valence-electron chi connectivity index (χ2n) is 3.93. The predicted molar refractivity (Wildman–Crippen MR) is 72.8 cm³/mol. The van der Waals surface area contributed by atoms with E-state index in [0.717, 1.165) is 25.1 Å². The highest BCUT2D eigenvalue weighted by atomic mass is 32.1. The van der Waals surface area contributed by atoms with E-state index in [0.29, 0.717) is 0 Å². The number of non-ortho nitro benzene ring substituents is 1. The molecule has 5 heteroatoms. The minimum atomic E-state index is -0.381. The minimum absolute atomic E-state index is 0.136. The standard InChI is InChI=1S/C13H14N2O2S/c16-15(17)12-5-3-11(4-6-12)10-14-8-7-13-2-1-9-18-13/h1-6,9,14H,7-8,10H2. The molecule has 0 atom stereocenters. The zero-order chi connectivity index (χ0) is 12.8. The topological polar surface area (TPSA) is 55.2 Å². The number of nitro benzene ring substituents is 1. The number of thiophene rings is 1. The fraction of sp³-hybridized carbons (Fsp3) is 0.231. The Kier molecular flexibility index (Phi) is 4.44. The zero-order valence-corrected chi connectivity index (χ0v) is 10.7. The van der Waals surface area contributed by atoms with E-state index >= 15 is 0 Å². The van der Waals surface area contributed by atoms with Crippen LogP contribution in [0.1, 0.15) is 10.4 Å². The second-order valence-corrected chi connectivity index (χ2v) is 4.96. The number of hydrogen-bond acceptors (Lipinski definition) is 4. The SMILES string of the molecule is O=[N+]([O-])c1ccc(CNCCc2cccs2)cc1. The van der Waals surface area contributed by atoms with Crippen LogP contribution in [0, 0.1) is 10.1 Å². The maximum atomic E-state index is 10.5. The van der Waals surface area contributed by atoms with Crippen molar-refractivity contribution in [1.82, 2.24) is 5.32 Å². The van der Waals surface area contributed by atoms with E-state index in [-0.39, 0.29) is 10.6 Å². The first kappa shape index (κ1) is 12.7. The van der Waals surface area contributed by atoms with Gasteiger partial charge in [-0.2, -0.15) is 0 Å². The molecule has 2 aromatic rings. The van der Waals surface area contributed by atoms with Crippen LogP contribution in [0.25, 0.3) is 0 Å². The van der Waals surface area contributed by atoms with Crippen LogP contribution in [0.15, 0.2) is 41.8 Å². The lowest BCUT2D eigenvalue weighted by Crippen LogP contribution is -2.16. The molecule has 1 aromatic heterocycles. The van der Waals surface area contributed by atoms with Crippen LogP contribution >= 0.6 is 11.3 Å². The molecular weight excluding hydrogens is 248 g/mol. The van der Waals surface area contributed by atoms with Crippen molar-refractivity contribution in [1.29, 1.82) is 0 Å². The van der Waals surface area contributed by atoms with Gasteiger partial charge in [0.1, 0.15) is 0 Å². The van der Waals surface area contributed by atoms with Gasteiger partial charge in [0.15, 0.2) is 0 Å². The number of nitrogens with one attached hydrogen (secondary N) is 1. The molecule has 0 bridgehead atoms. The number of rotatable bonds is 6. The summed E-state index contributed by atoms with van der Waals surface area (Å²) in [6.45, 7) is 1.65. The molecule has 0 amide bonds. The Morgan fingerprint density at radius 1 is 1.22 bits per heavy atom. The molecule has 0 aliphatic heterocycles. The average molecular weight is 262 g/mol. The van der Waals surface area contributed by atoms with E-state index in [9.17, 15) is 10.1 Å². The van der Waals surface area contributed by atoms with Gasteiger partial charge in [-0.15, -0.1) is 11.3 Å². The summed E-state index contributed by atoms with van der Waals surface area (Å²) in [5.41, 5.74) is 1.20. The molecule has 1 heterocycles. The zero-order valence-electron chi connectivity index (χ0n) is 9.83. The van der Waals surface area contributed by atoms with Gasteiger partial charge in [-0.05, 0) is 23.4 Å². The monoisotopic (exact) mass is 262 g/mol. The van der Waals surface area contributed by atoms with Crippen LogP contribution in [-0.4, -0.2) is 11.5 Å². The van der Waals surface area contributed by atoms with Crippen molar-refractivity contribution in [3.63, 3.8) is 0 Å². The van der Waals surface area contributed by atoms with Crippen LogP contribution in [0.5, 0.6) is 0 Å². The first-order valence-corrected chi connectivity index (χ1v) is 6.60. The Labute approximate surface area is 109 Å². The van der Waals surface area contributed by atoms with E-state index in [1.165, 1.54) is 17.0 Å². The average Bonchev–Trinajstić information content (AvgIpc) is 2.88. The third kappa shape index (κ3) is 3.65. The van der Waals surface area contributed by atoms with E-state index in [1.54, 1.807) is 23.5 Å². The maximum absolute atomic E-state index is 10.5. The molecule has 1 aromatic carbocycles. The van der Waals surface area contributed by atoms with E-state index in [4.69, 9.17) is 0 Å². The molecule has 18 heavy (non-hydrogen) atoms. The number of nitrogens with zero attached hydrogens (tertiary/aromatic N) is 1. The number of benzene rings is 1. The lowest BCUT2D eigenvalue weighted by molar-refractivity contribution is -0.384. The number of nitro groups is 1. The van der Waals surface area contributed by atoms with Gasteiger partial charge in [-0.25, -0.2) is 0 Å². The van der Waals surface area contributed by atoms with Crippen LogP contribution in [0.3, 0.4) is 0 Å². The Balaban J connectivity index is 1.75. The first-order chi connectivity index (χ1) is 8.75. The van der Waals surface area contributed by atoms with Gasteiger partial charge in [0.2, 0.25) is 0 Å². The molecule has 0 saturated carbocycles. The van der Waals surface area contributed by atoms with Crippen molar-refractivity contribution in [3.8, 4) is 0 Å². The summed E-state index contributed by atoms with van der Waals surface area (Å²) in [4.78, 5) is 11.5. The minimum Gasteiger partial charge on any atom is -0.312 e. The highest BCUT2D eigenvalue weighted by molar-refractivity contribution is 7.09. The highest BCUT2D eigenvalue weighted by Gasteiger charge is 2.03. The lowest BCUT2D eigenvalue weighted by Gasteiger charge is -2.03. The van der Waals surface area contributed by atoms with Gasteiger partial charge in [-0.3, -0.25) is 10.1 Å². The van der Waals surface area contributed by atoms with Crippen LogP contribution in [0.4, 0.5) is 5.69 Å². The van der Waals surface area contributed by atoms with Gasteiger partial charge in [-0.1, -0.05) is 18.2 Å². The third-order valence-corrected chi connectivity index (χ3v) is 3.54. The Morgan fingerprint density at radius 2 is 2.00 bits per heavy atom. The Hall–Kier alpha value is -1.72. The van der Waals surface area contributed by atoms with Gasteiger partial charge >= 0.3 is 0 Å². The summed E-state index contributed by atoms with van der Waals surface area (Å²) < 4.78 is 0. The summed E-state index contributed by atoms with van der Waals surface area (Å²) in [6, 6.07) is 10.8. The van der Waals surface area contributed by atoms with Gasteiger partial charge in [0, 0.05) is 30.1 Å². The molecule has 0 aliphatic rings. The second kappa shape index (κ2) is 6.28. The molecule has 0 saturated heterocycles. The van der Waals surface area contributed by atoms with Crippen molar-refractivity contribution >= 4 is 17.0 Å². The summed E-state index contributed by atoms with van der Waals surface area (Å²) in [6.07, 6.45) is 1.02.